The molecule has 0 saturated heterocycles. The van der Waals surface area contributed by atoms with E-state index in [1.807, 2.05) is 13.8 Å². The van der Waals surface area contributed by atoms with Crippen LogP contribution in [0.5, 0.6) is 0 Å². The van der Waals surface area contributed by atoms with Gasteiger partial charge in [-0.05, 0) is 26.7 Å². The molecular formula is C7H13BrClNO. The van der Waals surface area contributed by atoms with Crippen LogP contribution < -0.4 is 5.73 Å². The molecule has 1 amide bonds. The zero-order valence-electron chi connectivity index (χ0n) is 6.73. The maximum atomic E-state index is 10.5. The van der Waals surface area contributed by atoms with Crippen molar-refractivity contribution in [3.8, 4) is 0 Å². The second-order valence-electron chi connectivity index (χ2n) is 3.13. The standard InChI is InChI=1S/C7H13BrClNO/c1-7(2,9)4-3-5(8)6(10)11/h5H,3-4H2,1-2H3,(H2,10,11). The van der Waals surface area contributed by atoms with E-state index >= 15 is 0 Å². The molecule has 4 heteroatoms. The summed E-state index contributed by atoms with van der Waals surface area (Å²) >= 11 is 9.07. The molecule has 0 rings (SSSR count). The first kappa shape index (κ1) is 11.2. The van der Waals surface area contributed by atoms with Gasteiger partial charge in [-0.25, -0.2) is 0 Å². The van der Waals surface area contributed by atoms with Crippen LogP contribution in [0, 0.1) is 0 Å². The highest BCUT2D eigenvalue weighted by Crippen LogP contribution is 2.22. The van der Waals surface area contributed by atoms with Crippen LogP contribution in [0.1, 0.15) is 26.7 Å². The normalized spacial score (nSPS) is 14.5. The average Bonchev–Trinajstić information content (AvgIpc) is 1.80. The molecule has 0 aliphatic rings. The van der Waals surface area contributed by atoms with Gasteiger partial charge in [0.25, 0.3) is 0 Å². The third-order valence-electron chi connectivity index (χ3n) is 1.30. The maximum Gasteiger partial charge on any atom is 0.231 e. The molecule has 1 atom stereocenters. The van der Waals surface area contributed by atoms with E-state index in [2.05, 4.69) is 15.9 Å². The van der Waals surface area contributed by atoms with E-state index in [0.29, 0.717) is 6.42 Å². The van der Waals surface area contributed by atoms with Crippen LogP contribution in [0.15, 0.2) is 0 Å². The van der Waals surface area contributed by atoms with E-state index in [1.165, 1.54) is 0 Å². The minimum Gasteiger partial charge on any atom is -0.369 e. The van der Waals surface area contributed by atoms with Crippen LogP contribution in [-0.2, 0) is 4.79 Å². The van der Waals surface area contributed by atoms with Gasteiger partial charge in [0, 0.05) is 4.87 Å². The summed E-state index contributed by atoms with van der Waals surface area (Å²) < 4.78 is 0. The first-order valence-corrected chi connectivity index (χ1v) is 4.74. The van der Waals surface area contributed by atoms with E-state index in [4.69, 9.17) is 17.3 Å². The van der Waals surface area contributed by atoms with Crippen LogP contribution in [0.3, 0.4) is 0 Å². The first-order chi connectivity index (χ1) is 4.83. The van der Waals surface area contributed by atoms with Gasteiger partial charge in [-0.2, -0.15) is 0 Å². The predicted molar refractivity (Wildman–Crippen MR) is 51.1 cm³/mol. The van der Waals surface area contributed by atoms with Crippen molar-refractivity contribution >= 4 is 33.4 Å². The van der Waals surface area contributed by atoms with Gasteiger partial charge in [0.05, 0.1) is 4.83 Å². The number of nitrogens with two attached hydrogens (primary N) is 1. The number of primary amides is 1. The summed E-state index contributed by atoms with van der Waals surface area (Å²) in [5.41, 5.74) is 5.04. The number of amides is 1. The summed E-state index contributed by atoms with van der Waals surface area (Å²) in [4.78, 5) is 10.1. The molecule has 0 spiro atoms. The molecule has 2 nitrogen and oxygen atoms in total. The topological polar surface area (TPSA) is 43.1 Å². The van der Waals surface area contributed by atoms with Crippen molar-refractivity contribution in [3.63, 3.8) is 0 Å². The Morgan fingerprint density at radius 1 is 1.73 bits per heavy atom. The van der Waals surface area contributed by atoms with Gasteiger partial charge >= 0.3 is 0 Å². The summed E-state index contributed by atoms with van der Waals surface area (Å²) in [6, 6.07) is 0. The molecule has 0 aliphatic carbocycles. The van der Waals surface area contributed by atoms with Crippen molar-refractivity contribution in [3.05, 3.63) is 0 Å². The molecule has 0 saturated carbocycles. The van der Waals surface area contributed by atoms with Gasteiger partial charge < -0.3 is 5.73 Å². The number of alkyl halides is 2. The van der Waals surface area contributed by atoms with Gasteiger partial charge in [0.2, 0.25) is 5.91 Å². The number of hydrogen-bond donors (Lipinski definition) is 1. The third-order valence-corrected chi connectivity index (χ3v) is 2.40. The highest BCUT2D eigenvalue weighted by Gasteiger charge is 2.17. The lowest BCUT2D eigenvalue weighted by Gasteiger charge is -2.16. The Kier molecular flexibility index (Phi) is 4.41. The predicted octanol–water partition coefficient (Wildman–Crippen LogP) is 2.03. The number of halogens is 2. The molecule has 11 heavy (non-hydrogen) atoms. The van der Waals surface area contributed by atoms with Crippen molar-refractivity contribution in [2.24, 2.45) is 5.73 Å². The summed E-state index contributed by atoms with van der Waals surface area (Å²) in [7, 11) is 0. The smallest absolute Gasteiger partial charge is 0.231 e. The molecular weight excluding hydrogens is 229 g/mol. The van der Waals surface area contributed by atoms with Crippen molar-refractivity contribution in [2.75, 3.05) is 0 Å². The van der Waals surface area contributed by atoms with Crippen LogP contribution in [0.2, 0.25) is 0 Å². The van der Waals surface area contributed by atoms with Crippen LogP contribution in [-0.4, -0.2) is 15.6 Å². The molecule has 2 N–H and O–H groups in total. The minimum atomic E-state index is -0.328. The second-order valence-corrected chi connectivity index (χ2v) is 5.26. The monoisotopic (exact) mass is 241 g/mol. The Bertz CT molecular complexity index is 144. The van der Waals surface area contributed by atoms with E-state index < -0.39 is 0 Å². The van der Waals surface area contributed by atoms with Crippen molar-refractivity contribution < 1.29 is 4.79 Å². The van der Waals surface area contributed by atoms with Crippen LogP contribution in [0.4, 0.5) is 0 Å². The van der Waals surface area contributed by atoms with E-state index in [0.717, 1.165) is 6.42 Å². The quantitative estimate of drug-likeness (QED) is 0.753. The lowest BCUT2D eigenvalue weighted by Crippen LogP contribution is -2.25. The van der Waals surface area contributed by atoms with Crippen molar-refractivity contribution in [1.82, 2.24) is 0 Å². The SMILES string of the molecule is CC(C)(Cl)CCC(Br)C(N)=O. The Morgan fingerprint density at radius 3 is 2.45 bits per heavy atom. The molecule has 0 radical (unpaired) electrons. The molecule has 0 aliphatic heterocycles. The Morgan fingerprint density at radius 2 is 2.18 bits per heavy atom. The number of carbonyl (C=O) groups excluding carboxylic acids is 1. The maximum absolute atomic E-state index is 10.5. The summed E-state index contributed by atoms with van der Waals surface area (Å²) in [6.45, 7) is 3.82. The van der Waals surface area contributed by atoms with Gasteiger partial charge in [-0.15, -0.1) is 11.6 Å². The van der Waals surface area contributed by atoms with E-state index in [1.54, 1.807) is 0 Å². The highest BCUT2D eigenvalue weighted by atomic mass is 79.9. The molecule has 0 fully saturated rings. The van der Waals surface area contributed by atoms with Crippen LogP contribution >= 0.6 is 27.5 Å². The lowest BCUT2D eigenvalue weighted by atomic mass is 10.1. The number of rotatable bonds is 4. The largest absolute Gasteiger partial charge is 0.369 e. The molecule has 0 heterocycles. The Balaban J connectivity index is 3.63. The van der Waals surface area contributed by atoms with Gasteiger partial charge in [0.1, 0.15) is 0 Å². The van der Waals surface area contributed by atoms with Crippen LogP contribution in [0.25, 0.3) is 0 Å². The zero-order valence-corrected chi connectivity index (χ0v) is 9.08. The molecule has 66 valence electrons. The van der Waals surface area contributed by atoms with Gasteiger partial charge in [-0.3, -0.25) is 4.79 Å². The van der Waals surface area contributed by atoms with E-state index in [-0.39, 0.29) is 15.6 Å². The third kappa shape index (κ3) is 6.63. The van der Waals surface area contributed by atoms with Crippen molar-refractivity contribution in [2.45, 2.75) is 36.4 Å². The molecule has 1 unspecified atom stereocenters. The zero-order chi connectivity index (χ0) is 9.07. The highest BCUT2D eigenvalue weighted by molar-refractivity contribution is 9.10. The molecule has 0 aromatic carbocycles. The fourth-order valence-corrected chi connectivity index (χ4v) is 0.950. The minimum absolute atomic E-state index is 0.249. The average molecular weight is 243 g/mol. The lowest BCUT2D eigenvalue weighted by molar-refractivity contribution is -0.117. The molecule has 0 bridgehead atoms. The second kappa shape index (κ2) is 4.31. The van der Waals surface area contributed by atoms with E-state index in [9.17, 15) is 4.79 Å². The van der Waals surface area contributed by atoms with Crippen molar-refractivity contribution in [1.29, 1.82) is 0 Å². The molecule has 0 aromatic rings. The fraction of sp³-hybridized carbons (Fsp3) is 0.857. The van der Waals surface area contributed by atoms with Gasteiger partial charge in [-0.1, -0.05) is 15.9 Å². The Hall–Kier alpha value is 0.240. The summed E-state index contributed by atoms with van der Waals surface area (Å²) in [5.74, 6) is -0.328. The molecule has 0 aromatic heterocycles. The first-order valence-electron chi connectivity index (χ1n) is 3.45. The summed E-state index contributed by atoms with van der Waals surface area (Å²) in [5, 5.41) is 0. The Labute approximate surface area is 80.6 Å². The summed E-state index contributed by atoms with van der Waals surface area (Å²) in [6.07, 6.45) is 1.46. The van der Waals surface area contributed by atoms with Gasteiger partial charge in [0.15, 0.2) is 0 Å². The fourth-order valence-electron chi connectivity index (χ4n) is 0.612. The number of hydrogen-bond acceptors (Lipinski definition) is 1. The number of carbonyl (C=O) groups is 1.